The lowest BCUT2D eigenvalue weighted by Gasteiger charge is -2.36. The zero-order chi connectivity index (χ0) is 27.5. The molecule has 11 nitrogen and oxygen atoms in total. The highest BCUT2D eigenvalue weighted by molar-refractivity contribution is 6.25. The first kappa shape index (κ1) is 23.9. The number of imide groups is 1. The van der Waals surface area contributed by atoms with E-state index in [0.29, 0.717) is 36.1 Å². The first-order valence-corrected chi connectivity index (χ1v) is 12.8. The van der Waals surface area contributed by atoms with Crippen LogP contribution >= 0.6 is 0 Å². The van der Waals surface area contributed by atoms with Crippen molar-refractivity contribution >= 4 is 46.5 Å². The van der Waals surface area contributed by atoms with Gasteiger partial charge in [-0.25, -0.2) is 4.90 Å². The summed E-state index contributed by atoms with van der Waals surface area (Å²) in [6.45, 7) is 0.769. The SMILES string of the molecule is O=C(Nc1ccc([N+](=O)[O-])cc1)[C@@H]1[C@@H]2C(=O)N(c3ccc4c(c3)OCCO4)C(=O)[C@@H]2[C@H]2C=Cc3ccccc3N21. The van der Waals surface area contributed by atoms with Crippen LogP contribution in [0.25, 0.3) is 6.08 Å². The molecular weight excluding hydrogens is 516 g/mol. The molecule has 0 saturated carbocycles. The Morgan fingerprint density at radius 1 is 0.925 bits per heavy atom. The summed E-state index contributed by atoms with van der Waals surface area (Å²) in [5, 5.41) is 13.9. The van der Waals surface area contributed by atoms with Crippen molar-refractivity contribution in [1.29, 1.82) is 0 Å². The van der Waals surface area contributed by atoms with E-state index in [4.69, 9.17) is 9.47 Å². The molecule has 2 fully saturated rings. The lowest BCUT2D eigenvalue weighted by Crippen LogP contribution is -2.50. The monoisotopic (exact) mass is 538 g/mol. The summed E-state index contributed by atoms with van der Waals surface area (Å²) in [5.74, 6) is -2.12. The Bertz CT molecular complexity index is 1620. The molecule has 0 radical (unpaired) electrons. The second-order valence-corrected chi connectivity index (χ2v) is 9.95. The van der Waals surface area contributed by atoms with Crippen LogP contribution in [-0.2, 0) is 14.4 Å². The summed E-state index contributed by atoms with van der Waals surface area (Å²) >= 11 is 0. The number of rotatable bonds is 4. The number of nitrogens with zero attached hydrogens (tertiary/aromatic N) is 3. The maximum Gasteiger partial charge on any atom is 0.269 e. The number of nitro groups is 1. The molecule has 7 rings (SSSR count). The van der Waals surface area contributed by atoms with Crippen LogP contribution in [0, 0.1) is 22.0 Å². The number of carbonyl (C=O) groups excluding carboxylic acids is 3. The van der Waals surface area contributed by atoms with Crippen molar-refractivity contribution in [3.05, 3.63) is 88.5 Å². The first-order chi connectivity index (χ1) is 19.4. The van der Waals surface area contributed by atoms with Crippen LogP contribution < -0.4 is 24.6 Å². The predicted molar refractivity (Wildman–Crippen MR) is 144 cm³/mol. The van der Waals surface area contributed by atoms with Gasteiger partial charge in [-0.05, 0) is 35.9 Å². The molecule has 0 aliphatic carbocycles. The number of benzene rings is 3. The van der Waals surface area contributed by atoms with Crippen molar-refractivity contribution < 1.29 is 28.8 Å². The largest absolute Gasteiger partial charge is 0.486 e. The Kier molecular flexibility index (Phi) is 5.34. The van der Waals surface area contributed by atoms with Gasteiger partial charge in [0.2, 0.25) is 17.7 Å². The molecule has 11 heteroatoms. The highest BCUT2D eigenvalue weighted by Crippen LogP contribution is 2.50. The number of nitro benzene ring substituents is 1. The molecule has 4 aliphatic heterocycles. The van der Waals surface area contributed by atoms with Crippen molar-refractivity contribution in [3.8, 4) is 11.5 Å². The molecule has 0 aromatic heterocycles. The highest BCUT2D eigenvalue weighted by atomic mass is 16.6. The number of anilines is 3. The van der Waals surface area contributed by atoms with Crippen LogP contribution in [0.1, 0.15) is 5.56 Å². The van der Waals surface area contributed by atoms with Crippen LogP contribution in [-0.4, -0.2) is 47.9 Å². The van der Waals surface area contributed by atoms with E-state index in [1.807, 2.05) is 41.3 Å². The molecule has 4 atom stereocenters. The minimum absolute atomic E-state index is 0.110. The second kappa shape index (κ2) is 8.94. The average molecular weight is 539 g/mol. The van der Waals surface area contributed by atoms with E-state index in [1.54, 1.807) is 18.2 Å². The van der Waals surface area contributed by atoms with Crippen molar-refractivity contribution in [2.24, 2.45) is 11.8 Å². The quantitative estimate of drug-likeness (QED) is 0.304. The van der Waals surface area contributed by atoms with Crippen LogP contribution in [0.5, 0.6) is 11.5 Å². The van der Waals surface area contributed by atoms with Gasteiger partial charge in [0, 0.05) is 29.6 Å². The molecule has 0 spiro atoms. The molecule has 2 saturated heterocycles. The molecule has 40 heavy (non-hydrogen) atoms. The summed E-state index contributed by atoms with van der Waals surface area (Å²) in [4.78, 5) is 55.4. The molecule has 200 valence electrons. The third-order valence-corrected chi connectivity index (χ3v) is 7.81. The number of para-hydroxylation sites is 1. The molecule has 0 unspecified atom stereocenters. The molecular formula is C29H22N4O7. The van der Waals surface area contributed by atoms with Gasteiger partial charge in [-0.2, -0.15) is 0 Å². The Hall–Kier alpha value is -5.19. The molecule has 4 aliphatic rings. The van der Waals surface area contributed by atoms with Crippen LogP contribution in [0.2, 0.25) is 0 Å². The second-order valence-electron chi connectivity index (χ2n) is 9.95. The zero-order valence-electron chi connectivity index (χ0n) is 20.9. The van der Waals surface area contributed by atoms with E-state index in [-0.39, 0.29) is 5.69 Å². The fraction of sp³-hybridized carbons (Fsp3) is 0.207. The topological polar surface area (TPSA) is 131 Å². The number of non-ortho nitro benzene ring substituents is 1. The minimum atomic E-state index is -1.00. The van der Waals surface area contributed by atoms with Gasteiger partial charge < -0.3 is 19.7 Å². The van der Waals surface area contributed by atoms with Crippen molar-refractivity contribution in [2.75, 3.05) is 28.3 Å². The lowest BCUT2D eigenvalue weighted by molar-refractivity contribution is -0.384. The summed E-state index contributed by atoms with van der Waals surface area (Å²) in [6, 6.07) is 16.4. The normalized spacial score (nSPS) is 23.9. The van der Waals surface area contributed by atoms with Crippen molar-refractivity contribution in [1.82, 2.24) is 0 Å². The van der Waals surface area contributed by atoms with Crippen molar-refractivity contribution in [3.63, 3.8) is 0 Å². The fourth-order valence-electron chi connectivity index (χ4n) is 6.12. The van der Waals surface area contributed by atoms with Gasteiger partial charge in [0.25, 0.3) is 5.69 Å². The van der Waals surface area contributed by atoms with E-state index in [9.17, 15) is 24.5 Å². The third kappa shape index (κ3) is 3.54. The zero-order valence-corrected chi connectivity index (χ0v) is 20.9. The molecule has 3 aromatic carbocycles. The number of hydrogen-bond donors (Lipinski definition) is 1. The van der Waals surface area contributed by atoms with Crippen LogP contribution in [0.4, 0.5) is 22.7 Å². The summed E-state index contributed by atoms with van der Waals surface area (Å²) in [5.41, 5.74) is 2.21. The Labute approximate surface area is 227 Å². The number of carbonyl (C=O) groups is 3. The third-order valence-electron chi connectivity index (χ3n) is 7.81. The first-order valence-electron chi connectivity index (χ1n) is 12.8. The van der Waals surface area contributed by atoms with E-state index in [0.717, 1.165) is 16.2 Å². The smallest absolute Gasteiger partial charge is 0.269 e. The predicted octanol–water partition coefficient (Wildman–Crippen LogP) is 3.39. The van der Waals surface area contributed by atoms with Gasteiger partial charge in [-0.15, -0.1) is 0 Å². The molecule has 3 amide bonds. The van der Waals surface area contributed by atoms with Gasteiger partial charge in [0.1, 0.15) is 19.3 Å². The standard InChI is InChI=1S/C29H22N4O7/c34-27(30-17-6-8-18(9-7-17)33(37)38)26-25-24(21-11-5-16-3-1-2-4-20(16)32(21)26)28(35)31(29(25)36)19-10-12-22-23(15-19)40-14-13-39-22/h1-12,15,21,24-26H,13-14H2,(H,30,34)/t21-,24-,25-,26+/m1/s1. The number of hydrogen-bond acceptors (Lipinski definition) is 8. The highest BCUT2D eigenvalue weighted by Gasteiger charge is 2.64. The molecule has 3 aromatic rings. The van der Waals surface area contributed by atoms with E-state index in [1.165, 1.54) is 24.3 Å². The number of ether oxygens (including phenoxy) is 2. The maximum atomic E-state index is 14.0. The molecule has 1 N–H and O–H groups in total. The minimum Gasteiger partial charge on any atom is -0.486 e. The molecule has 0 bridgehead atoms. The summed E-state index contributed by atoms with van der Waals surface area (Å²) in [7, 11) is 0. The molecule has 4 heterocycles. The lowest BCUT2D eigenvalue weighted by atomic mass is 9.88. The van der Waals surface area contributed by atoms with Gasteiger partial charge >= 0.3 is 0 Å². The number of amides is 3. The van der Waals surface area contributed by atoms with Crippen LogP contribution in [0.15, 0.2) is 72.8 Å². The van der Waals surface area contributed by atoms with Gasteiger partial charge in [-0.3, -0.25) is 24.5 Å². The van der Waals surface area contributed by atoms with Gasteiger partial charge in [0.15, 0.2) is 11.5 Å². The summed E-state index contributed by atoms with van der Waals surface area (Å²) < 4.78 is 11.2. The van der Waals surface area contributed by atoms with Crippen LogP contribution in [0.3, 0.4) is 0 Å². The van der Waals surface area contributed by atoms with E-state index < -0.39 is 46.6 Å². The number of nitrogens with one attached hydrogen (secondary N) is 1. The fourth-order valence-corrected chi connectivity index (χ4v) is 6.12. The Balaban J connectivity index is 1.27. The number of fused-ring (bicyclic) bond motifs is 6. The van der Waals surface area contributed by atoms with Gasteiger partial charge in [0.05, 0.1) is 28.5 Å². The summed E-state index contributed by atoms with van der Waals surface area (Å²) in [6.07, 6.45) is 3.78. The Morgan fingerprint density at radius 3 is 2.42 bits per heavy atom. The average Bonchev–Trinajstić information content (AvgIpc) is 3.45. The van der Waals surface area contributed by atoms with E-state index >= 15 is 0 Å². The van der Waals surface area contributed by atoms with E-state index in [2.05, 4.69) is 5.32 Å². The maximum absolute atomic E-state index is 14.0. The Morgan fingerprint density at radius 2 is 1.65 bits per heavy atom. The van der Waals surface area contributed by atoms with Gasteiger partial charge in [-0.1, -0.05) is 30.4 Å². The van der Waals surface area contributed by atoms with Crippen molar-refractivity contribution in [2.45, 2.75) is 12.1 Å².